The van der Waals surface area contributed by atoms with Gasteiger partial charge in [-0.05, 0) is 62.2 Å². The zero-order valence-corrected chi connectivity index (χ0v) is 21.5. The number of benzene rings is 1. The van der Waals surface area contributed by atoms with Crippen LogP contribution < -0.4 is 15.4 Å². The van der Waals surface area contributed by atoms with E-state index in [4.69, 9.17) is 15.5 Å². The zero-order chi connectivity index (χ0) is 26.1. The quantitative estimate of drug-likeness (QED) is 0.431. The summed E-state index contributed by atoms with van der Waals surface area (Å²) < 4.78 is 6.86. The monoisotopic (exact) mass is 498 g/mol. The second kappa shape index (κ2) is 9.98. The number of amides is 1. The molecule has 1 aliphatic heterocycles. The number of nitrogens with zero attached hydrogens (tertiary/aromatic N) is 7. The Kier molecular flexibility index (Phi) is 6.58. The van der Waals surface area contributed by atoms with Crippen molar-refractivity contribution in [3.05, 3.63) is 71.3 Å². The van der Waals surface area contributed by atoms with Crippen molar-refractivity contribution in [2.24, 2.45) is 0 Å². The first-order chi connectivity index (χ1) is 17.8. The second-order valence-corrected chi connectivity index (χ2v) is 9.21. The van der Waals surface area contributed by atoms with E-state index < -0.39 is 0 Å². The van der Waals surface area contributed by atoms with Crippen LogP contribution in [0.4, 0.5) is 11.5 Å². The number of anilines is 2. The van der Waals surface area contributed by atoms with Crippen LogP contribution in [-0.2, 0) is 13.0 Å². The molecule has 0 saturated heterocycles. The third-order valence-corrected chi connectivity index (χ3v) is 6.58. The Morgan fingerprint density at radius 3 is 2.78 bits per heavy atom. The van der Waals surface area contributed by atoms with E-state index in [2.05, 4.69) is 46.1 Å². The summed E-state index contributed by atoms with van der Waals surface area (Å²) in [6.07, 6.45) is 7.42. The summed E-state index contributed by atoms with van der Waals surface area (Å²) in [5, 5.41) is 4.36. The summed E-state index contributed by atoms with van der Waals surface area (Å²) in [6.45, 7) is 6.52. The summed E-state index contributed by atoms with van der Waals surface area (Å²) in [7, 11) is 3.81. The molecule has 1 aromatic carbocycles. The van der Waals surface area contributed by atoms with Crippen molar-refractivity contribution in [3.8, 4) is 23.0 Å². The molecule has 4 aromatic rings. The van der Waals surface area contributed by atoms with Gasteiger partial charge in [-0.25, -0.2) is 19.6 Å². The molecule has 0 fully saturated rings. The van der Waals surface area contributed by atoms with E-state index in [1.54, 1.807) is 37.8 Å². The Bertz CT molecular complexity index is 1450. The first-order valence-electron chi connectivity index (χ1n) is 12.2. The van der Waals surface area contributed by atoms with Crippen molar-refractivity contribution in [1.82, 2.24) is 29.6 Å². The fourth-order valence-corrected chi connectivity index (χ4v) is 4.57. The number of aromatic nitrogens is 5. The topological polar surface area (TPSA) is 115 Å². The Morgan fingerprint density at radius 2 is 2.03 bits per heavy atom. The van der Waals surface area contributed by atoms with Gasteiger partial charge in [0.25, 0.3) is 5.91 Å². The Hall–Kier alpha value is -4.31. The molecule has 0 spiro atoms. The fraction of sp³-hybridized carbons (Fsp3) is 0.296. The highest BCUT2D eigenvalue weighted by atomic mass is 16.5. The molecule has 0 saturated carbocycles. The number of hydrogen-bond donors (Lipinski definition) is 1. The van der Waals surface area contributed by atoms with Gasteiger partial charge in [0.05, 0.1) is 42.1 Å². The number of aryl methyl sites for hydroxylation is 1. The molecule has 5 rings (SSSR count). The average molecular weight is 499 g/mol. The van der Waals surface area contributed by atoms with Gasteiger partial charge in [0.1, 0.15) is 0 Å². The van der Waals surface area contributed by atoms with Crippen molar-refractivity contribution in [2.45, 2.75) is 26.8 Å². The van der Waals surface area contributed by atoms with Crippen LogP contribution in [0.3, 0.4) is 0 Å². The van der Waals surface area contributed by atoms with E-state index >= 15 is 0 Å². The maximum absolute atomic E-state index is 13.1. The first-order valence-corrected chi connectivity index (χ1v) is 12.2. The predicted octanol–water partition coefficient (Wildman–Crippen LogP) is 3.28. The van der Waals surface area contributed by atoms with Crippen LogP contribution in [0.2, 0.25) is 0 Å². The van der Waals surface area contributed by atoms with Gasteiger partial charge < -0.3 is 20.3 Å². The molecule has 4 heterocycles. The molecule has 1 aliphatic rings. The summed E-state index contributed by atoms with van der Waals surface area (Å²) in [5.74, 6) is 0.864. The highest BCUT2D eigenvalue weighted by Crippen LogP contribution is 2.29. The number of nitrogen functional groups attached to an aromatic ring is 1. The first kappa shape index (κ1) is 24.4. The molecule has 10 nitrogen and oxygen atoms in total. The van der Waals surface area contributed by atoms with E-state index in [-0.39, 0.29) is 11.7 Å². The third kappa shape index (κ3) is 4.88. The summed E-state index contributed by atoms with van der Waals surface area (Å²) in [4.78, 5) is 30.3. The van der Waals surface area contributed by atoms with Crippen LogP contribution in [0.25, 0.3) is 17.1 Å². The van der Waals surface area contributed by atoms with Crippen LogP contribution in [-0.4, -0.2) is 62.8 Å². The van der Waals surface area contributed by atoms with Crippen molar-refractivity contribution in [3.63, 3.8) is 0 Å². The van der Waals surface area contributed by atoms with Crippen molar-refractivity contribution < 1.29 is 9.53 Å². The molecular formula is C27H30N8O2. The van der Waals surface area contributed by atoms with Gasteiger partial charge in [-0.15, -0.1) is 0 Å². The van der Waals surface area contributed by atoms with E-state index in [1.807, 2.05) is 6.92 Å². The number of pyridine rings is 1. The van der Waals surface area contributed by atoms with Gasteiger partial charge in [-0.3, -0.25) is 4.79 Å². The number of ether oxygens (including phenoxy) is 1. The van der Waals surface area contributed by atoms with Gasteiger partial charge in [0, 0.05) is 38.0 Å². The maximum Gasteiger partial charge on any atom is 0.261 e. The average Bonchev–Trinajstić information content (AvgIpc) is 3.38. The van der Waals surface area contributed by atoms with Crippen molar-refractivity contribution in [2.75, 3.05) is 37.9 Å². The molecule has 190 valence electrons. The summed E-state index contributed by atoms with van der Waals surface area (Å²) >= 11 is 0. The van der Waals surface area contributed by atoms with E-state index in [1.165, 1.54) is 32.5 Å². The molecule has 0 unspecified atom stereocenters. The minimum atomic E-state index is -0.241. The zero-order valence-electron chi connectivity index (χ0n) is 21.5. The lowest BCUT2D eigenvalue weighted by atomic mass is 9.92. The van der Waals surface area contributed by atoms with Crippen LogP contribution >= 0.6 is 0 Å². The smallest absolute Gasteiger partial charge is 0.261 e. The number of hydrogen-bond acceptors (Lipinski definition) is 8. The third-order valence-electron chi connectivity index (χ3n) is 6.58. The number of fused-ring (bicyclic) bond motifs is 1. The molecule has 2 N–H and O–H groups in total. The predicted molar refractivity (Wildman–Crippen MR) is 142 cm³/mol. The molecule has 37 heavy (non-hydrogen) atoms. The molecular weight excluding hydrogens is 468 g/mol. The van der Waals surface area contributed by atoms with Crippen LogP contribution in [0.5, 0.6) is 5.88 Å². The van der Waals surface area contributed by atoms with E-state index in [0.29, 0.717) is 35.2 Å². The minimum Gasteiger partial charge on any atom is -0.478 e. The number of carbonyl (C=O) groups is 1. The Balaban J connectivity index is 1.41. The van der Waals surface area contributed by atoms with Crippen molar-refractivity contribution >= 4 is 17.4 Å². The lowest BCUT2D eigenvalue weighted by Gasteiger charge is -2.27. The number of nitrogens with two attached hydrogens (primary N) is 1. The lowest BCUT2D eigenvalue weighted by molar-refractivity contribution is 0.0993. The number of likely N-dealkylation sites (N-methyl/N-ethyl adjacent to an activating group) is 1. The number of rotatable bonds is 6. The molecule has 3 aromatic heterocycles. The molecule has 0 aliphatic carbocycles. The Labute approximate surface area is 215 Å². The van der Waals surface area contributed by atoms with Crippen LogP contribution in [0.15, 0.2) is 49.1 Å². The highest BCUT2D eigenvalue weighted by Gasteiger charge is 2.20. The van der Waals surface area contributed by atoms with Crippen molar-refractivity contribution in [1.29, 1.82) is 0 Å². The standard InChI is InChI=1S/C27H30N8O2/c1-5-37-24-7-6-21(13-29-24)34(4)27(36)20-12-31-35(16-20)26-25(28)30-14-23(32-26)18-10-17(2)22-8-9-33(3)15-19(22)11-18/h6-7,10-14,16H,5,8-9,15H2,1-4H3,(H2,28,30). The van der Waals surface area contributed by atoms with E-state index in [9.17, 15) is 4.79 Å². The van der Waals surface area contributed by atoms with Gasteiger partial charge in [-0.1, -0.05) is 0 Å². The van der Waals surface area contributed by atoms with Gasteiger partial charge >= 0.3 is 0 Å². The molecule has 10 heteroatoms. The largest absolute Gasteiger partial charge is 0.478 e. The normalized spacial score (nSPS) is 13.3. The van der Waals surface area contributed by atoms with Gasteiger partial charge in [0.2, 0.25) is 5.88 Å². The summed E-state index contributed by atoms with van der Waals surface area (Å²) in [6, 6.07) is 7.84. The fourth-order valence-electron chi connectivity index (χ4n) is 4.57. The highest BCUT2D eigenvalue weighted by molar-refractivity contribution is 6.05. The summed E-state index contributed by atoms with van der Waals surface area (Å²) in [5.41, 5.74) is 12.8. The van der Waals surface area contributed by atoms with Gasteiger partial charge in [0.15, 0.2) is 11.6 Å². The van der Waals surface area contributed by atoms with Crippen LogP contribution in [0, 0.1) is 6.92 Å². The maximum atomic E-state index is 13.1. The van der Waals surface area contributed by atoms with Crippen LogP contribution in [0.1, 0.15) is 34.0 Å². The number of carbonyl (C=O) groups excluding carboxylic acids is 1. The van der Waals surface area contributed by atoms with Gasteiger partial charge in [-0.2, -0.15) is 5.10 Å². The Morgan fingerprint density at radius 1 is 1.19 bits per heavy atom. The SMILES string of the molecule is CCOc1ccc(N(C)C(=O)c2cnn(-c3nc(-c4cc(C)c5c(c4)CN(C)CC5)cnc3N)c2)cn1. The molecule has 0 atom stereocenters. The molecule has 0 bridgehead atoms. The minimum absolute atomic E-state index is 0.226. The molecule has 0 radical (unpaired) electrons. The van der Waals surface area contributed by atoms with E-state index in [0.717, 1.165) is 25.1 Å². The lowest BCUT2D eigenvalue weighted by Crippen LogP contribution is -2.27. The second-order valence-electron chi connectivity index (χ2n) is 9.21. The molecule has 1 amide bonds.